The van der Waals surface area contributed by atoms with Crippen molar-refractivity contribution in [2.45, 2.75) is 36.7 Å². The van der Waals surface area contributed by atoms with Gasteiger partial charge in [0.1, 0.15) is 0 Å². The highest BCUT2D eigenvalue weighted by Gasteiger charge is 2.35. The molecule has 17 heavy (non-hydrogen) atoms. The SMILES string of the molecule is Cc1cccc(S(=O)(=O)NCC2(O)CCC2)c1. The summed E-state index contributed by atoms with van der Waals surface area (Å²) < 4.78 is 26.4. The summed E-state index contributed by atoms with van der Waals surface area (Å²) in [5.74, 6) is 0. The van der Waals surface area contributed by atoms with Crippen molar-refractivity contribution in [2.75, 3.05) is 6.54 Å². The number of rotatable bonds is 4. The van der Waals surface area contributed by atoms with E-state index in [0.29, 0.717) is 12.8 Å². The molecule has 94 valence electrons. The van der Waals surface area contributed by atoms with E-state index in [-0.39, 0.29) is 11.4 Å². The topological polar surface area (TPSA) is 66.4 Å². The zero-order valence-corrected chi connectivity index (χ0v) is 10.6. The molecular formula is C12H17NO3S. The van der Waals surface area contributed by atoms with Gasteiger partial charge in [0, 0.05) is 6.54 Å². The van der Waals surface area contributed by atoms with Crippen molar-refractivity contribution in [3.8, 4) is 0 Å². The van der Waals surface area contributed by atoms with E-state index in [1.807, 2.05) is 13.0 Å². The Morgan fingerprint density at radius 1 is 1.41 bits per heavy atom. The Kier molecular flexibility index (Phi) is 3.25. The third-order valence-electron chi connectivity index (χ3n) is 3.18. The van der Waals surface area contributed by atoms with Gasteiger partial charge in [0.2, 0.25) is 10.0 Å². The standard InChI is InChI=1S/C12H17NO3S/c1-10-4-2-5-11(8-10)17(15,16)13-9-12(14)6-3-7-12/h2,4-5,8,13-14H,3,6-7,9H2,1H3. The lowest BCUT2D eigenvalue weighted by Gasteiger charge is -2.36. The van der Waals surface area contributed by atoms with Crippen molar-refractivity contribution in [1.29, 1.82) is 0 Å². The number of hydrogen-bond donors (Lipinski definition) is 2. The first-order valence-electron chi connectivity index (χ1n) is 5.70. The quantitative estimate of drug-likeness (QED) is 0.849. The molecule has 0 unspecified atom stereocenters. The monoisotopic (exact) mass is 255 g/mol. The van der Waals surface area contributed by atoms with Crippen LogP contribution in [0, 0.1) is 6.92 Å². The van der Waals surface area contributed by atoms with Gasteiger partial charge in [-0.3, -0.25) is 0 Å². The van der Waals surface area contributed by atoms with Crippen LogP contribution in [0.5, 0.6) is 0 Å². The molecule has 1 aromatic carbocycles. The van der Waals surface area contributed by atoms with E-state index in [2.05, 4.69) is 4.72 Å². The zero-order valence-electron chi connectivity index (χ0n) is 9.81. The van der Waals surface area contributed by atoms with Gasteiger partial charge in [-0.05, 0) is 43.9 Å². The predicted molar refractivity (Wildman–Crippen MR) is 65.2 cm³/mol. The Morgan fingerprint density at radius 3 is 2.65 bits per heavy atom. The number of aryl methyl sites for hydroxylation is 1. The Bertz CT molecular complexity index is 506. The summed E-state index contributed by atoms with van der Waals surface area (Å²) >= 11 is 0. The van der Waals surface area contributed by atoms with Crippen molar-refractivity contribution in [3.05, 3.63) is 29.8 Å². The van der Waals surface area contributed by atoms with E-state index < -0.39 is 15.6 Å². The molecule has 0 heterocycles. The van der Waals surface area contributed by atoms with Gasteiger partial charge in [0.05, 0.1) is 10.5 Å². The van der Waals surface area contributed by atoms with E-state index in [1.54, 1.807) is 18.2 Å². The summed E-state index contributed by atoms with van der Waals surface area (Å²) in [7, 11) is -3.50. The fourth-order valence-electron chi connectivity index (χ4n) is 1.86. The molecule has 2 N–H and O–H groups in total. The highest BCUT2D eigenvalue weighted by Crippen LogP contribution is 2.31. The third kappa shape index (κ3) is 2.86. The van der Waals surface area contributed by atoms with E-state index in [9.17, 15) is 13.5 Å². The van der Waals surface area contributed by atoms with Crippen LogP contribution in [0.15, 0.2) is 29.2 Å². The fourth-order valence-corrected chi connectivity index (χ4v) is 3.08. The lowest BCUT2D eigenvalue weighted by Crippen LogP contribution is -2.47. The van der Waals surface area contributed by atoms with E-state index in [0.717, 1.165) is 12.0 Å². The largest absolute Gasteiger partial charge is 0.389 e. The second kappa shape index (κ2) is 4.40. The Labute approximate surface area is 102 Å². The molecule has 0 bridgehead atoms. The van der Waals surface area contributed by atoms with Gasteiger partial charge in [0.15, 0.2) is 0 Å². The fraction of sp³-hybridized carbons (Fsp3) is 0.500. The molecule has 0 amide bonds. The molecule has 1 fully saturated rings. The van der Waals surface area contributed by atoms with Crippen LogP contribution in [0.4, 0.5) is 0 Å². The molecule has 0 aromatic heterocycles. The van der Waals surface area contributed by atoms with Gasteiger partial charge < -0.3 is 5.11 Å². The summed E-state index contributed by atoms with van der Waals surface area (Å²) in [4.78, 5) is 0.250. The minimum absolute atomic E-state index is 0.100. The lowest BCUT2D eigenvalue weighted by molar-refractivity contribution is -0.0270. The summed E-state index contributed by atoms with van der Waals surface area (Å²) in [6.45, 7) is 1.95. The Morgan fingerprint density at radius 2 is 2.12 bits per heavy atom. The van der Waals surface area contributed by atoms with E-state index >= 15 is 0 Å². The average Bonchev–Trinajstić information content (AvgIpc) is 2.24. The number of aliphatic hydroxyl groups is 1. The molecule has 0 aliphatic heterocycles. The minimum atomic E-state index is -3.50. The molecule has 1 saturated carbocycles. The maximum Gasteiger partial charge on any atom is 0.240 e. The summed E-state index contributed by atoms with van der Waals surface area (Å²) in [6, 6.07) is 6.73. The normalized spacial score (nSPS) is 18.7. The average molecular weight is 255 g/mol. The van der Waals surface area contributed by atoms with E-state index in [1.165, 1.54) is 0 Å². The molecular weight excluding hydrogens is 238 g/mol. The summed E-state index contributed by atoms with van der Waals surface area (Å²) in [5, 5.41) is 9.85. The van der Waals surface area contributed by atoms with Crippen molar-refractivity contribution in [2.24, 2.45) is 0 Å². The molecule has 5 heteroatoms. The number of benzene rings is 1. The predicted octanol–water partition coefficient (Wildman–Crippen LogP) is 1.19. The molecule has 0 radical (unpaired) electrons. The molecule has 4 nitrogen and oxygen atoms in total. The first-order valence-corrected chi connectivity index (χ1v) is 7.18. The van der Waals surface area contributed by atoms with Crippen molar-refractivity contribution < 1.29 is 13.5 Å². The number of sulfonamides is 1. The zero-order chi connectivity index (χ0) is 12.5. The lowest BCUT2D eigenvalue weighted by atomic mass is 9.81. The van der Waals surface area contributed by atoms with Crippen LogP contribution in [-0.4, -0.2) is 25.7 Å². The molecule has 0 saturated heterocycles. The number of nitrogens with one attached hydrogen (secondary N) is 1. The first kappa shape index (κ1) is 12.5. The van der Waals surface area contributed by atoms with Crippen LogP contribution in [0.1, 0.15) is 24.8 Å². The molecule has 1 aromatic rings. The van der Waals surface area contributed by atoms with Gasteiger partial charge in [-0.25, -0.2) is 13.1 Å². The first-order chi connectivity index (χ1) is 7.91. The van der Waals surface area contributed by atoms with Crippen molar-refractivity contribution in [1.82, 2.24) is 4.72 Å². The van der Waals surface area contributed by atoms with Gasteiger partial charge in [-0.15, -0.1) is 0 Å². The minimum Gasteiger partial charge on any atom is -0.389 e. The summed E-state index contributed by atoms with van der Waals surface area (Å²) in [5.41, 5.74) is 0.0619. The van der Waals surface area contributed by atoms with Crippen LogP contribution in [0.25, 0.3) is 0 Å². The third-order valence-corrected chi connectivity index (χ3v) is 4.57. The second-order valence-corrected chi connectivity index (χ2v) is 6.49. The molecule has 0 atom stereocenters. The highest BCUT2D eigenvalue weighted by molar-refractivity contribution is 7.89. The van der Waals surface area contributed by atoms with Crippen molar-refractivity contribution >= 4 is 10.0 Å². The second-order valence-electron chi connectivity index (χ2n) is 4.72. The van der Waals surface area contributed by atoms with Gasteiger partial charge >= 0.3 is 0 Å². The smallest absolute Gasteiger partial charge is 0.240 e. The Hall–Kier alpha value is -0.910. The highest BCUT2D eigenvalue weighted by atomic mass is 32.2. The van der Waals surface area contributed by atoms with Crippen LogP contribution < -0.4 is 4.72 Å². The number of hydrogen-bond acceptors (Lipinski definition) is 3. The van der Waals surface area contributed by atoms with Crippen LogP contribution >= 0.6 is 0 Å². The van der Waals surface area contributed by atoms with Crippen molar-refractivity contribution in [3.63, 3.8) is 0 Å². The molecule has 1 aliphatic rings. The van der Waals surface area contributed by atoms with Crippen LogP contribution in [-0.2, 0) is 10.0 Å². The maximum atomic E-state index is 11.9. The maximum absolute atomic E-state index is 11.9. The molecule has 0 spiro atoms. The van der Waals surface area contributed by atoms with E-state index in [4.69, 9.17) is 0 Å². The van der Waals surface area contributed by atoms with Gasteiger partial charge in [-0.1, -0.05) is 12.1 Å². The Balaban J connectivity index is 2.08. The summed E-state index contributed by atoms with van der Waals surface area (Å²) in [6.07, 6.45) is 2.30. The molecule has 1 aliphatic carbocycles. The van der Waals surface area contributed by atoms with Crippen LogP contribution in [0.2, 0.25) is 0 Å². The van der Waals surface area contributed by atoms with Gasteiger partial charge in [-0.2, -0.15) is 0 Å². The van der Waals surface area contributed by atoms with Crippen LogP contribution in [0.3, 0.4) is 0 Å². The van der Waals surface area contributed by atoms with Gasteiger partial charge in [0.25, 0.3) is 0 Å². The molecule has 2 rings (SSSR count).